The molecule has 0 saturated heterocycles. The maximum absolute atomic E-state index is 12.7. The Kier molecular flexibility index (Phi) is 6.13. The number of nitrogens with zero attached hydrogens (tertiary/aromatic N) is 3. The number of aryl methyl sites for hydroxylation is 1. The molecule has 1 N–H and O–H groups in total. The molecule has 0 spiro atoms. The average Bonchev–Trinajstić information content (AvgIpc) is 3.11. The fourth-order valence-corrected chi connectivity index (χ4v) is 4.56. The highest BCUT2D eigenvalue weighted by molar-refractivity contribution is 8.02. The second-order valence-corrected chi connectivity index (χ2v) is 8.80. The number of hydrogen-bond donors (Lipinski definition) is 1. The SMILES string of the molecule is Cc1cccc(Nc2nnc(S[C@@H](C)C(=O)N(C)c3ccccc3)s2)c1C. The fourth-order valence-electron chi connectivity index (χ4n) is 2.56. The first kappa shape index (κ1) is 19.4. The van der Waals surface area contributed by atoms with Crippen molar-refractivity contribution in [2.24, 2.45) is 0 Å². The summed E-state index contributed by atoms with van der Waals surface area (Å²) >= 11 is 2.88. The van der Waals surface area contributed by atoms with Crippen molar-refractivity contribution in [1.29, 1.82) is 0 Å². The molecule has 3 rings (SSSR count). The highest BCUT2D eigenvalue weighted by Gasteiger charge is 2.21. The van der Waals surface area contributed by atoms with Gasteiger partial charge in [-0.05, 0) is 50.1 Å². The van der Waals surface area contributed by atoms with E-state index in [9.17, 15) is 4.79 Å². The van der Waals surface area contributed by atoms with Crippen LogP contribution < -0.4 is 10.2 Å². The number of rotatable bonds is 6. The Hall–Kier alpha value is -2.38. The molecule has 0 bridgehead atoms. The second-order valence-electron chi connectivity index (χ2n) is 6.24. The average molecular weight is 399 g/mol. The van der Waals surface area contributed by atoms with E-state index in [-0.39, 0.29) is 11.2 Å². The minimum atomic E-state index is -0.253. The van der Waals surface area contributed by atoms with Gasteiger partial charge in [-0.3, -0.25) is 4.79 Å². The van der Waals surface area contributed by atoms with Crippen LogP contribution in [-0.2, 0) is 4.79 Å². The van der Waals surface area contributed by atoms with Crippen LogP contribution in [0, 0.1) is 13.8 Å². The van der Waals surface area contributed by atoms with Gasteiger partial charge in [-0.2, -0.15) is 0 Å². The van der Waals surface area contributed by atoms with E-state index in [4.69, 9.17) is 0 Å². The highest BCUT2D eigenvalue weighted by atomic mass is 32.2. The largest absolute Gasteiger partial charge is 0.330 e. The molecule has 0 aliphatic heterocycles. The first-order valence-corrected chi connectivity index (χ1v) is 10.3. The molecule has 0 unspecified atom stereocenters. The van der Waals surface area contributed by atoms with Crippen molar-refractivity contribution < 1.29 is 4.79 Å². The standard InChI is InChI=1S/C20H22N4OS2/c1-13-9-8-12-17(14(13)2)21-19-22-23-20(27-19)26-15(3)18(25)24(4)16-10-6-5-7-11-16/h5-12,15H,1-4H3,(H,21,22)/t15-/m0/s1. The van der Waals surface area contributed by atoms with E-state index in [0.717, 1.165) is 20.8 Å². The number of hydrogen-bond acceptors (Lipinski definition) is 6. The summed E-state index contributed by atoms with van der Waals surface area (Å²) in [5, 5.41) is 12.2. The summed E-state index contributed by atoms with van der Waals surface area (Å²) in [5.74, 6) is 0.0328. The lowest BCUT2D eigenvalue weighted by Crippen LogP contribution is -2.33. The van der Waals surface area contributed by atoms with Gasteiger partial charge in [-0.15, -0.1) is 10.2 Å². The zero-order valence-electron chi connectivity index (χ0n) is 15.8. The Labute approximate surface area is 167 Å². The third-order valence-corrected chi connectivity index (χ3v) is 6.36. The predicted molar refractivity (Wildman–Crippen MR) is 114 cm³/mol. The van der Waals surface area contributed by atoms with Crippen LogP contribution in [0.3, 0.4) is 0 Å². The molecule has 27 heavy (non-hydrogen) atoms. The monoisotopic (exact) mass is 398 g/mol. The van der Waals surface area contributed by atoms with Gasteiger partial charge in [0.05, 0.1) is 5.25 Å². The maximum Gasteiger partial charge on any atom is 0.240 e. The van der Waals surface area contributed by atoms with Crippen molar-refractivity contribution in [3.63, 3.8) is 0 Å². The van der Waals surface area contributed by atoms with Crippen molar-refractivity contribution in [3.8, 4) is 0 Å². The number of para-hydroxylation sites is 1. The molecule has 5 nitrogen and oxygen atoms in total. The summed E-state index contributed by atoms with van der Waals surface area (Å²) in [6, 6.07) is 15.8. The summed E-state index contributed by atoms with van der Waals surface area (Å²) in [4.78, 5) is 14.3. The third kappa shape index (κ3) is 4.67. The zero-order chi connectivity index (χ0) is 19.4. The summed E-state index contributed by atoms with van der Waals surface area (Å²) in [6.07, 6.45) is 0. The molecule has 0 radical (unpaired) electrons. The number of aromatic nitrogens is 2. The number of thioether (sulfide) groups is 1. The van der Waals surface area contributed by atoms with Gasteiger partial charge in [-0.1, -0.05) is 53.4 Å². The van der Waals surface area contributed by atoms with Crippen LogP contribution in [0.5, 0.6) is 0 Å². The minimum absolute atomic E-state index is 0.0328. The predicted octanol–water partition coefficient (Wildman–Crippen LogP) is 5.04. The summed E-state index contributed by atoms with van der Waals surface area (Å²) < 4.78 is 0.769. The van der Waals surface area contributed by atoms with Crippen LogP contribution in [0.15, 0.2) is 52.9 Å². The number of benzene rings is 2. The Morgan fingerprint density at radius 1 is 1.11 bits per heavy atom. The second kappa shape index (κ2) is 8.54. The van der Waals surface area contributed by atoms with Crippen LogP contribution >= 0.6 is 23.1 Å². The molecular formula is C20H22N4OS2. The van der Waals surface area contributed by atoms with Gasteiger partial charge in [0.25, 0.3) is 0 Å². The van der Waals surface area contributed by atoms with E-state index in [1.165, 1.54) is 34.2 Å². The fraction of sp³-hybridized carbons (Fsp3) is 0.250. The van der Waals surface area contributed by atoms with Crippen molar-refractivity contribution in [2.75, 3.05) is 17.3 Å². The van der Waals surface area contributed by atoms with Crippen molar-refractivity contribution >= 4 is 45.5 Å². The van der Waals surface area contributed by atoms with E-state index in [0.29, 0.717) is 0 Å². The minimum Gasteiger partial charge on any atom is -0.330 e. The van der Waals surface area contributed by atoms with Crippen LogP contribution in [-0.4, -0.2) is 28.4 Å². The van der Waals surface area contributed by atoms with Crippen molar-refractivity contribution in [2.45, 2.75) is 30.4 Å². The first-order valence-electron chi connectivity index (χ1n) is 8.61. The molecule has 1 heterocycles. The maximum atomic E-state index is 12.7. The Balaban J connectivity index is 1.65. The van der Waals surface area contributed by atoms with Crippen LogP contribution in [0.25, 0.3) is 0 Å². The van der Waals surface area contributed by atoms with Gasteiger partial charge in [0.1, 0.15) is 0 Å². The molecular weight excluding hydrogens is 376 g/mol. The van der Waals surface area contributed by atoms with Crippen LogP contribution in [0.2, 0.25) is 0 Å². The van der Waals surface area contributed by atoms with Crippen LogP contribution in [0.1, 0.15) is 18.1 Å². The number of amides is 1. The molecule has 0 saturated carbocycles. The molecule has 3 aromatic rings. The van der Waals surface area contributed by atoms with E-state index in [2.05, 4.69) is 35.4 Å². The van der Waals surface area contributed by atoms with Gasteiger partial charge >= 0.3 is 0 Å². The van der Waals surface area contributed by atoms with Gasteiger partial charge in [-0.25, -0.2) is 0 Å². The lowest BCUT2D eigenvalue weighted by Gasteiger charge is -2.20. The summed E-state index contributed by atoms with van der Waals surface area (Å²) in [7, 11) is 1.79. The first-order chi connectivity index (χ1) is 13.0. The quantitative estimate of drug-likeness (QED) is 0.589. The molecule has 1 amide bonds. The van der Waals surface area contributed by atoms with Gasteiger partial charge in [0.2, 0.25) is 11.0 Å². The van der Waals surface area contributed by atoms with Crippen LogP contribution in [0.4, 0.5) is 16.5 Å². The zero-order valence-corrected chi connectivity index (χ0v) is 17.4. The third-order valence-electron chi connectivity index (χ3n) is 4.35. The lowest BCUT2D eigenvalue weighted by molar-refractivity contribution is -0.117. The Bertz CT molecular complexity index is 927. The van der Waals surface area contributed by atoms with Gasteiger partial charge in [0, 0.05) is 18.4 Å². The van der Waals surface area contributed by atoms with Crippen molar-refractivity contribution in [3.05, 3.63) is 59.7 Å². The lowest BCUT2D eigenvalue weighted by atomic mass is 10.1. The van der Waals surface area contributed by atoms with E-state index < -0.39 is 0 Å². The molecule has 1 atom stereocenters. The topological polar surface area (TPSA) is 58.1 Å². The molecule has 0 aliphatic carbocycles. The van der Waals surface area contributed by atoms with E-state index >= 15 is 0 Å². The molecule has 0 aliphatic rings. The Morgan fingerprint density at radius 3 is 2.59 bits per heavy atom. The summed E-state index contributed by atoms with van der Waals surface area (Å²) in [6.45, 7) is 6.05. The van der Waals surface area contributed by atoms with Gasteiger partial charge in [0.15, 0.2) is 4.34 Å². The molecule has 140 valence electrons. The Morgan fingerprint density at radius 2 is 1.85 bits per heavy atom. The number of nitrogens with one attached hydrogen (secondary N) is 1. The molecule has 1 aromatic heterocycles. The van der Waals surface area contributed by atoms with E-state index in [1.54, 1.807) is 11.9 Å². The smallest absolute Gasteiger partial charge is 0.240 e. The highest BCUT2D eigenvalue weighted by Crippen LogP contribution is 2.32. The molecule has 7 heteroatoms. The van der Waals surface area contributed by atoms with Gasteiger partial charge < -0.3 is 10.2 Å². The molecule has 2 aromatic carbocycles. The van der Waals surface area contributed by atoms with E-state index in [1.807, 2.05) is 49.4 Å². The number of carbonyl (C=O) groups excluding carboxylic acids is 1. The van der Waals surface area contributed by atoms with Crippen molar-refractivity contribution in [1.82, 2.24) is 10.2 Å². The number of anilines is 3. The molecule has 0 fully saturated rings. The number of carbonyl (C=O) groups is 1. The normalized spacial score (nSPS) is 11.9. The summed E-state index contributed by atoms with van der Waals surface area (Å²) in [5.41, 5.74) is 4.32.